The number of hydrogen-bond acceptors (Lipinski definition) is 7. The monoisotopic (exact) mass is 317 g/mol. The van der Waals surface area contributed by atoms with Crippen molar-refractivity contribution in [2.24, 2.45) is 0 Å². The van der Waals surface area contributed by atoms with E-state index in [9.17, 15) is 19.7 Å². The van der Waals surface area contributed by atoms with Gasteiger partial charge in [-0.3, -0.25) is 14.9 Å². The molecule has 0 saturated heterocycles. The fourth-order valence-corrected chi connectivity index (χ4v) is 1.51. The highest BCUT2D eigenvalue weighted by atomic mass is 16.6. The molecular weight excluding hydrogens is 306 g/mol. The van der Waals surface area contributed by atoms with Crippen LogP contribution in [0.5, 0.6) is 0 Å². The molecule has 0 unspecified atom stereocenters. The van der Waals surface area contributed by atoms with Crippen LogP contribution in [0.15, 0.2) is 47.2 Å². The number of esters is 1. The van der Waals surface area contributed by atoms with Gasteiger partial charge in [0.25, 0.3) is 11.6 Å². The minimum Gasteiger partial charge on any atom is -0.452 e. The van der Waals surface area contributed by atoms with Crippen molar-refractivity contribution in [2.75, 3.05) is 11.9 Å². The second-order valence-electron chi connectivity index (χ2n) is 4.22. The van der Waals surface area contributed by atoms with Crippen LogP contribution in [0.4, 0.5) is 11.5 Å². The number of amides is 1. The standard InChI is InChI=1S/C14H11N3O6/c18-13(15-12-7-8-23-16-12)9-22-14(19)6-3-10-1-4-11(5-2-10)17(20)21/h1-8H,9H2,(H,15,16,18)/b6-3+. The third kappa shape index (κ3) is 5.08. The van der Waals surface area contributed by atoms with Gasteiger partial charge >= 0.3 is 5.97 Å². The third-order valence-corrected chi connectivity index (χ3v) is 2.57. The van der Waals surface area contributed by atoms with Gasteiger partial charge in [0.05, 0.1) is 4.92 Å². The summed E-state index contributed by atoms with van der Waals surface area (Å²) in [5.74, 6) is -1.07. The van der Waals surface area contributed by atoms with Crippen molar-refractivity contribution >= 4 is 29.5 Å². The zero-order chi connectivity index (χ0) is 16.7. The lowest BCUT2D eigenvalue weighted by Crippen LogP contribution is -2.20. The molecule has 0 spiro atoms. The van der Waals surface area contributed by atoms with Crippen molar-refractivity contribution in [3.8, 4) is 0 Å². The average Bonchev–Trinajstić information content (AvgIpc) is 3.04. The van der Waals surface area contributed by atoms with Crippen LogP contribution in [-0.2, 0) is 14.3 Å². The van der Waals surface area contributed by atoms with Crippen LogP contribution in [0.2, 0.25) is 0 Å². The second-order valence-corrected chi connectivity index (χ2v) is 4.22. The van der Waals surface area contributed by atoms with Crippen molar-refractivity contribution in [1.29, 1.82) is 0 Å². The summed E-state index contributed by atoms with van der Waals surface area (Å²) in [6.07, 6.45) is 3.82. The molecule has 0 aliphatic heterocycles. The fraction of sp³-hybridized carbons (Fsp3) is 0.0714. The van der Waals surface area contributed by atoms with E-state index in [0.29, 0.717) is 5.56 Å². The highest BCUT2D eigenvalue weighted by Crippen LogP contribution is 2.12. The number of nitrogens with zero attached hydrogens (tertiary/aromatic N) is 2. The van der Waals surface area contributed by atoms with Crippen molar-refractivity contribution in [3.05, 3.63) is 58.3 Å². The maximum Gasteiger partial charge on any atom is 0.331 e. The predicted octanol–water partition coefficient (Wildman–Crippen LogP) is 1.78. The number of carbonyl (C=O) groups is 2. The molecule has 9 heteroatoms. The largest absolute Gasteiger partial charge is 0.452 e. The van der Waals surface area contributed by atoms with Crippen LogP contribution in [0.3, 0.4) is 0 Å². The minimum absolute atomic E-state index is 0.0470. The molecule has 0 fully saturated rings. The summed E-state index contributed by atoms with van der Waals surface area (Å²) >= 11 is 0. The number of rotatable bonds is 6. The van der Waals surface area contributed by atoms with E-state index in [1.165, 1.54) is 42.7 Å². The molecular formula is C14H11N3O6. The van der Waals surface area contributed by atoms with Gasteiger partial charge in [-0.1, -0.05) is 5.16 Å². The van der Waals surface area contributed by atoms with Gasteiger partial charge in [0.2, 0.25) is 0 Å². The zero-order valence-electron chi connectivity index (χ0n) is 11.7. The minimum atomic E-state index is -0.723. The molecule has 2 aromatic rings. The normalized spacial score (nSPS) is 10.4. The number of aromatic nitrogens is 1. The van der Waals surface area contributed by atoms with E-state index in [4.69, 9.17) is 4.74 Å². The van der Waals surface area contributed by atoms with Crippen molar-refractivity contribution in [2.45, 2.75) is 0 Å². The molecule has 1 amide bonds. The number of anilines is 1. The van der Waals surface area contributed by atoms with E-state index in [1.807, 2.05) is 0 Å². The number of hydrogen-bond donors (Lipinski definition) is 1. The number of nitro groups is 1. The zero-order valence-corrected chi connectivity index (χ0v) is 11.7. The van der Waals surface area contributed by atoms with E-state index < -0.39 is 23.4 Å². The first-order chi connectivity index (χ1) is 11.0. The average molecular weight is 317 g/mol. The Morgan fingerprint density at radius 2 is 2.04 bits per heavy atom. The summed E-state index contributed by atoms with van der Waals surface area (Å²) in [6.45, 7) is -0.476. The van der Waals surface area contributed by atoms with Gasteiger partial charge in [0.15, 0.2) is 12.4 Å². The number of carbonyl (C=O) groups excluding carboxylic acids is 2. The summed E-state index contributed by atoms with van der Waals surface area (Å²) in [5.41, 5.74) is 0.536. The van der Waals surface area contributed by atoms with Crippen LogP contribution >= 0.6 is 0 Å². The SMILES string of the molecule is O=C(COC(=O)/C=C/c1ccc([N+](=O)[O-])cc1)Nc1ccon1. The third-order valence-electron chi connectivity index (χ3n) is 2.57. The maximum absolute atomic E-state index is 11.5. The number of benzene rings is 1. The summed E-state index contributed by atoms with van der Waals surface area (Å²) in [7, 11) is 0. The molecule has 0 aliphatic carbocycles. The Bertz CT molecular complexity index is 721. The van der Waals surface area contributed by atoms with Gasteiger partial charge in [-0.15, -0.1) is 0 Å². The predicted molar refractivity (Wildman–Crippen MR) is 78.2 cm³/mol. The highest BCUT2D eigenvalue weighted by molar-refractivity contribution is 5.93. The number of nitrogens with one attached hydrogen (secondary N) is 1. The fourth-order valence-electron chi connectivity index (χ4n) is 1.51. The molecule has 1 aromatic heterocycles. The van der Waals surface area contributed by atoms with Crippen LogP contribution in [0.1, 0.15) is 5.56 Å². The second kappa shape index (κ2) is 7.50. The highest BCUT2D eigenvalue weighted by Gasteiger charge is 2.07. The molecule has 23 heavy (non-hydrogen) atoms. The summed E-state index contributed by atoms with van der Waals surface area (Å²) in [4.78, 5) is 32.9. The molecule has 0 saturated carbocycles. The van der Waals surface area contributed by atoms with Gasteiger partial charge in [0.1, 0.15) is 6.26 Å². The van der Waals surface area contributed by atoms with Gasteiger partial charge in [-0.2, -0.15) is 0 Å². The van der Waals surface area contributed by atoms with Gasteiger partial charge in [-0.25, -0.2) is 4.79 Å². The number of nitro benzene ring substituents is 1. The van der Waals surface area contributed by atoms with Crippen LogP contribution in [-0.4, -0.2) is 28.6 Å². The topological polar surface area (TPSA) is 125 Å². The Kier molecular flexibility index (Phi) is 5.18. The summed E-state index contributed by atoms with van der Waals surface area (Å²) in [6, 6.07) is 7.04. The molecule has 9 nitrogen and oxygen atoms in total. The molecule has 1 heterocycles. The first-order valence-corrected chi connectivity index (χ1v) is 6.34. The smallest absolute Gasteiger partial charge is 0.331 e. The molecule has 1 aromatic carbocycles. The summed E-state index contributed by atoms with van der Waals surface area (Å²) < 4.78 is 9.26. The number of ether oxygens (including phenoxy) is 1. The van der Waals surface area contributed by atoms with Crippen molar-refractivity contribution in [3.63, 3.8) is 0 Å². The molecule has 0 atom stereocenters. The Morgan fingerprint density at radius 1 is 1.30 bits per heavy atom. The first-order valence-electron chi connectivity index (χ1n) is 6.34. The van der Waals surface area contributed by atoms with Gasteiger partial charge in [-0.05, 0) is 23.8 Å². The summed E-state index contributed by atoms with van der Waals surface area (Å²) in [5, 5.41) is 16.3. The van der Waals surface area contributed by atoms with Crippen LogP contribution in [0.25, 0.3) is 6.08 Å². The van der Waals surface area contributed by atoms with Crippen LogP contribution in [0, 0.1) is 10.1 Å². The molecule has 0 aliphatic rings. The molecule has 1 N–H and O–H groups in total. The lowest BCUT2D eigenvalue weighted by atomic mass is 10.2. The van der Waals surface area contributed by atoms with Crippen LogP contribution < -0.4 is 5.32 Å². The van der Waals surface area contributed by atoms with Crippen molar-refractivity contribution in [1.82, 2.24) is 5.16 Å². The van der Waals surface area contributed by atoms with E-state index in [2.05, 4.69) is 15.0 Å². The first kappa shape index (κ1) is 15.9. The van der Waals surface area contributed by atoms with E-state index in [0.717, 1.165) is 6.08 Å². The van der Waals surface area contributed by atoms with E-state index in [1.54, 1.807) is 0 Å². The quantitative estimate of drug-likeness (QED) is 0.372. The lowest BCUT2D eigenvalue weighted by Gasteiger charge is -2.01. The van der Waals surface area contributed by atoms with Gasteiger partial charge in [0, 0.05) is 24.3 Å². The Labute approximate surface area is 129 Å². The molecule has 2 rings (SSSR count). The lowest BCUT2D eigenvalue weighted by molar-refractivity contribution is -0.384. The van der Waals surface area contributed by atoms with E-state index in [-0.39, 0.29) is 11.5 Å². The molecule has 0 bridgehead atoms. The van der Waals surface area contributed by atoms with Crippen molar-refractivity contribution < 1.29 is 23.8 Å². The van der Waals surface area contributed by atoms with Gasteiger partial charge < -0.3 is 14.6 Å². The number of non-ortho nitro benzene ring substituents is 1. The van der Waals surface area contributed by atoms with E-state index >= 15 is 0 Å². The maximum atomic E-state index is 11.5. The Balaban J connectivity index is 1.79. The molecule has 0 radical (unpaired) electrons. The molecule has 118 valence electrons. The Morgan fingerprint density at radius 3 is 2.65 bits per heavy atom. The Hall–Kier alpha value is -3.49.